The highest BCUT2D eigenvalue weighted by Crippen LogP contribution is 2.36. The first kappa shape index (κ1) is 22.2. The molecule has 166 valence electrons. The first-order chi connectivity index (χ1) is 15.5. The highest BCUT2D eigenvalue weighted by Gasteiger charge is 2.26. The second kappa shape index (κ2) is 9.67. The second-order valence-electron chi connectivity index (χ2n) is 7.39. The Kier molecular flexibility index (Phi) is 6.72. The highest BCUT2D eigenvalue weighted by molar-refractivity contribution is 7.20. The minimum Gasteiger partial charge on any atom is -0.462 e. The zero-order valence-electron chi connectivity index (χ0n) is 17.8. The predicted octanol–water partition coefficient (Wildman–Crippen LogP) is 5.33. The number of fused-ring (bicyclic) bond motifs is 1. The van der Waals surface area contributed by atoms with Crippen LogP contribution in [-0.2, 0) is 27.1 Å². The van der Waals surface area contributed by atoms with Gasteiger partial charge in [-0.3, -0.25) is 4.79 Å². The summed E-state index contributed by atoms with van der Waals surface area (Å²) in [6.45, 7) is 3.47. The molecule has 1 aromatic carbocycles. The molecule has 1 aliphatic carbocycles. The van der Waals surface area contributed by atoms with Crippen LogP contribution >= 0.6 is 22.7 Å². The van der Waals surface area contributed by atoms with Crippen LogP contribution in [0.15, 0.2) is 42.5 Å². The molecule has 4 rings (SSSR count). The number of esters is 2. The van der Waals surface area contributed by atoms with Crippen molar-refractivity contribution in [2.45, 2.75) is 39.2 Å². The Bertz CT molecular complexity index is 1130. The predicted molar refractivity (Wildman–Crippen MR) is 126 cm³/mol. The summed E-state index contributed by atoms with van der Waals surface area (Å²) in [5, 5.41) is 3.11. The molecule has 0 bridgehead atoms. The Hall–Kier alpha value is -2.97. The number of amides is 1. The van der Waals surface area contributed by atoms with Crippen molar-refractivity contribution >= 4 is 45.5 Å². The number of anilines is 1. The maximum Gasteiger partial charge on any atom is 0.349 e. The molecular weight excluding hydrogens is 446 g/mol. The minimum atomic E-state index is -1.02. The molecule has 0 radical (unpaired) electrons. The quantitative estimate of drug-likeness (QED) is 0.473. The lowest BCUT2D eigenvalue weighted by atomic mass is 10.1. The third-order valence-electron chi connectivity index (χ3n) is 5.12. The average molecular weight is 470 g/mol. The van der Waals surface area contributed by atoms with Crippen LogP contribution in [0.3, 0.4) is 0 Å². The number of hydrogen-bond acceptors (Lipinski definition) is 7. The summed E-state index contributed by atoms with van der Waals surface area (Å²) < 4.78 is 10.5. The van der Waals surface area contributed by atoms with E-state index in [2.05, 4.69) is 5.32 Å². The smallest absolute Gasteiger partial charge is 0.349 e. The Morgan fingerprint density at radius 2 is 1.84 bits per heavy atom. The zero-order chi connectivity index (χ0) is 22.7. The summed E-state index contributed by atoms with van der Waals surface area (Å²) >= 11 is 2.71. The van der Waals surface area contributed by atoms with Gasteiger partial charge in [-0.05, 0) is 56.4 Å². The van der Waals surface area contributed by atoms with Gasteiger partial charge in [0.25, 0.3) is 5.91 Å². The van der Waals surface area contributed by atoms with Gasteiger partial charge in [-0.1, -0.05) is 30.3 Å². The van der Waals surface area contributed by atoms with Gasteiger partial charge in [0.1, 0.15) is 9.88 Å². The summed E-state index contributed by atoms with van der Waals surface area (Å²) in [5.74, 6) is -1.53. The van der Waals surface area contributed by atoms with Gasteiger partial charge in [0.05, 0.1) is 12.2 Å². The molecule has 1 aliphatic rings. The first-order valence-electron chi connectivity index (χ1n) is 10.5. The summed E-state index contributed by atoms with van der Waals surface area (Å²) in [6, 6.07) is 13.1. The molecule has 1 N–H and O–H groups in total. The van der Waals surface area contributed by atoms with E-state index in [-0.39, 0.29) is 12.2 Å². The molecular formula is C24H23NO5S2. The van der Waals surface area contributed by atoms with Crippen LogP contribution in [0.1, 0.15) is 50.7 Å². The van der Waals surface area contributed by atoms with E-state index < -0.39 is 23.9 Å². The normalized spacial score (nSPS) is 13.3. The third-order valence-corrected chi connectivity index (χ3v) is 7.44. The number of aryl methyl sites for hydroxylation is 2. The van der Waals surface area contributed by atoms with Crippen molar-refractivity contribution in [3.05, 3.63) is 63.3 Å². The van der Waals surface area contributed by atoms with Gasteiger partial charge < -0.3 is 14.8 Å². The summed E-state index contributed by atoms with van der Waals surface area (Å²) in [7, 11) is 0. The molecule has 1 unspecified atom stereocenters. The molecule has 2 heterocycles. The zero-order valence-corrected chi connectivity index (χ0v) is 19.4. The van der Waals surface area contributed by atoms with Crippen molar-refractivity contribution in [3.63, 3.8) is 0 Å². The Labute approximate surface area is 194 Å². The van der Waals surface area contributed by atoms with Gasteiger partial charge in [-0.25, -0.2) is 9.59 Å². The highest BCUT2D eigenvalue weighted by atomic mass is 32.1. The third kappa shape index (κ3) is 4.76. The lowest BCUT2D eigenvalue weighted by Gasteiger charge is -2.13. The van der Waals surface area contributed by atoms with Crippen molar-refractivity contribution < 1.29 is 23.9 Å². The number of hydrogen-bond donors (Lipinski definition) is 1. The summed E-state index contributed by atoms with van der Waals surface area (Å²) in [4.78, 5) is 40.3. The Morgan fingerprint density at radius 1 is 1.06 bits per heavy atom. The molecule has 8 heteroatoms. The molecule has 0 fully saturated rings. The van der Waals surface area contributed by atoms with E-state index in [1.54, 1.807) is 13.0 Å². The van der Waals surface area contributed by atoms with E-state index in [4.69, 9.17) is 9.47 Å². The molecule has 3 aromatic rings. The fourth-order valence-electron chi connectivity index (χ4n) is 3.50. The van der Waals surface area contributed by atoms with Crippen molar-refractivity contribution in [3.8, 4) is 10.4 Å². The van der Waals surface area contributed by atoms with E-state index in [0.29, 0.717) is 9.88 Å². The fourth-order valence-corrected chi connectivity index (χ4v) is 5.70. The first-order valence-corrected chi connectivity index (χ1v) is 12.1. The average Bonchev–Trinajstić information content (AvgIpc) is 3.49. The van der Waals surface area contributed by atoms with E-state index in [0.717, 1.165) is 29.7 Å². The largest absolute Gasteiger partial charge is 0.462 e. The molecule has 32 heavy (non-hydrogen) atoms. The molecule has 0 aliphatic heterocycles. The number of nitrogens with one attached hydrogen (secondary N) is 1. The maximum atomic E-state index is 12.8. The van der Waals surface area contributed by atoms with Gasteiger partial charge >= 0.3 is 11.9 Å². The standard InChI is InChI=1S/C24H23NO5S2/c1-3-29-23(27)17-13-19(15-8-5-4-6-9-15)32-22(17)25-21(26)14(2)30-24(28)20-12-16-10-7-11-18(16)31-20/h4-6,8-9,12-14H,3,7,10-11H2,1-2H3,(H,25,26). The van der Waals surface area contributed by atoms with Crippen LogP contribution in [0.25, 0.3) is 10.4 Å². The monoisotopic (exact) mass is 469 g/mol. The molecule has 6 nitrogen and oxygen atoms in total. The van der Waals surface area contributed by atoms with Crippen molar-refractivity contribution in [1.82, 2.24) is 0 Å². The fraction of sp³-hybridized carbons (Fsp3) is 0.292. The van der Waals surface area contributed by atoms with Crippen LogP contribution in [-0.4, -0.2) is 30.6 Å². The van der Waals surface area contributed by atoms with Crippen molar-refractivity contribution in [2.24, 2.45) is 0 Å². The number of thiophene rings is 2. The van der Waals surface area contributed by atoms with Crippen molar-refractivity contribution in [2.75, 3.05) is 11.9 Å². The van der Waals surface area contributed by atoms with Crippen LogP contribution < -0.4 is 5.32 Å². The Morgan fingerprint density at radius 3 is 2.56 bits per heavy atom. The topological polar surface area (TPSA) is 81.7 Å². The summed E-state index contributed by atoms with van der Waals surface area (Å²) in [5.41, 5.74) is 2.40. The second-order valence-corrected chi connectivity index (χ2v) is 9.58. The molecule has 2 aromatic heterocycles. The number of rotatable bonds is 7. The minimum absolute atomic E-state index is 0.224. The number of ether oxygens (including phenoxy) is 2. The van der Waals surface area contributed by atoms with E-state index in [9.17, 15) is 14.4 Å². The van der Waals surface area contributed by atoms with Crippen LogP contribution in [0, 0.1) is 0 Å². The Balaban J connectivity index is 1.48. The van der Waals surface area contributed by atoms with Gasteiger partial charge in [0.2, 0.25) is 0 Å². The van der Waals surface area contributed by atoms with E-state index in [1.165, 1.54) is 40.0 Å². The molecule has 0 saturated carbocycles. The summed E-state index contributed by atoms with van der Waals surface area (Å²) in [6.07, 6.45) is 2.07. The van der Waals surface area contributed by atoms with Crippen LogP contribution in [0.4, 0.5) is 5.00 Å². The lowest BCUT2D eigenvalue weighted by Crippen LogP contribution is -2.30. The molecule has 0 spiro atoms. The van der Waals surface area contributed by atoms with Gasteiger partial charge in [0, 0.05) is 9.75 Å². The van der Waals surface area contributed by atoms with E-state index >= 15 is 0 Å². The molecule has 1 amide bonds. The van der Waals surface area contributed by atoms with Gasteiger partial charge in [-0.15, -0.1) is 22.7 Å². The lowest BCUT2D eigenvalue weighted by molar-refractivity contribution is -0.123. The van der Waals surface area contributed by atoms with Gasteiger partial charge in [-0.2, -0.15) is 0 Å². The SMILES string of the molecule is CCOC(=O)c1cc(-c2ccccc2)sc1NC(=O)C(C)OC(=O)c1cc2c(s1)CCC2. The van der Waals surface area contributed by atoms with Crippen LogP contribution in [0.2, 0.25) is 0 Å². The van der Waals surface area contributed by atoms with Crippen LogP contribution in [0.5, 0.6) is 0 Å². The maximum absolute atomic E-state index is 12.8. The van der Waals surface area contributed by atoms with E-state index in [1.807, 2.05) is 36.4 Å². The number of carbonyl (C=O) groups excluding carboxylic acids is 3. The molecule has 1 atom stereocenters. The number of carbonyl (C=O) groups is 3. The molecule has 0 saturated heterocycles. The number of benzene rings is 1. The van der Waals surface area contributed by atoms with Gasteiger partial charge in [0.15, 0.2) is 6.10 Å². The van der Waals surface area contributed by atoms with Crippen molar-refractivity contribution in [1.29, 1.82) is 0 Å².